The first-order valence-corrected chi connectivity index (χ1v) is 15.3. The number of ether oxygens (including phenoxy) is 3. The van der Waals surface area contributed by atoms with Crippen molar-refractivity contribution in [2.45, 2.75) is 50.9 Å². The number of alkyl halides is 6. The highest BCUT2D eigenvalue weighted by Gasteiger charge is 2.34. The Hall–Kier alpha value is -3.89. The van der Waals surface area contributed by atoms with Gasteiger partial charge in [-0.05, 0) is 54.7 Å². The summed E-state index contributed by atoms with van der Waals surface area (Å²) in [6.07, 6.45) is -5.91. The first kappa shape index (κ1) is 36.0. The van der Waals surface area contributed by atoms with Gasteiger partial charge < -0.3 is 24.8 Å². The van der Waals surface area contributed by atoms with Gasteiger partial charge in [-0.2, -0.15) is 0 Å². The van der Waals surface area contributed by atoms with E-state index >= 15 is 0 Å². The van der Waals surface area contributed by atoms with Crippen LogP contribution < -0.4 is 25.4 Å². The highest BCUT2D eigenvalue weighted by Crippen LogP contribution is 2.39. The molecule has 0 saturated heterocycles. The maximum atomic E-state index is 13.6. The third-order valence-electron chi connectivity index (χ3n) is 6.93. The fourth-order valence-electron chi connectivity index (χ4n) is 4.91. The Morgan fingerprint density at radius 1 is 0.851 bits per heavy atom. The summed E-state index contributed by atoms with van der Waals surface area (Å²) in [6.45, 7) is 0. The number of carbonyl (C=O) groups is 3. The number of esters is 1. The van der Waals surface area contributed by atoms with Gasteiger partial charge in [0.2, 0.25) is 0 Å². The lowest BCUT2D eigenvalue weighted by atomic mass is 9.83. The van der Waals surface area contributed by atoms with Crippen molar-refractivity contribution < 1.29 is 54.9 Å². The molecule has 0 aliphatic heterocycles. The molecule has 1 aliphatic carbocycles. The lowest BCUT2D eigenvalue weighted by Crippen LogP contribution is -2.47. The molecule has 1 atom stereocenters. The number of thiophene rings is 1. The van der Waals surface area contributed by atoms with Crippen molar-refractivity contribution >= 4 is 63.1 Å². The second-order valence-electron chi connectivity index (χ2n) is 10.2. The second kappa shape index (κ2) is 14.9. The number of nitrogens with one attached hydrogen (secondary N) is 3. The predicted molar refractivity (Wildman–Crippen MR) is 162 cm³/mol. The number of hydrogen-bond donors (Lipinski definition) is 3. The Kier molecular flexibility index (Phi) is 11.4. The smallest absolute Gasteiger partial charge is 0.467 e. The normalized spacial score (nSPS) is 14.6. The maximum Gasteiger partial charge on any atom is 0.573 e. The Morgan fingerprint density at radius 2 is 1.43 bits per heavy atom. The topological polar surface area (TPSA) is 115 Å². The van der Waals surface area contributed by atoms with Crippen LogP contribution in [0.5, 0.6) is 11.5 Å². The van der Waals surface area contributed by atoms with Crippen molar-refractivity contribution in [3.63, 3.8) is 0 Å². The summed E-state index contributed by atoms with van der Waals surface area (Å²) in [4.78, 5) is 39.7. The van der Waals surface area contributed by atoms with E-state index in [-0.39, 0.29) is 22.2 Å². The second-order valence-corrected chi connectivity index (χ2v) is 12.1. The SMILES string of the molecule is COC(=O)[C@@H](NC(=O)c1cc(-c2ccc(OC(F)(F)F)cc2)sc1NC(=O)Nc1c(Cl)cc(OC(F)(F)F)cc1Cl)C1CCCCC1. The zero-order valence-electron chi connectivity index (χ0n) is 24.1. The van der Waals surface area contributed by atoms with E-state index in [0.29, 0.717) is 23.3 Å². The van der Waals surface area contributed by atoms with Crippen LogP contribution in [0.25, 0.3) is 10.4 Å². The number of hydrogen-bond acceptors (Lipinski definition) is 7. The first-order valence-electron chi connectivity index (χ1n) is 13.7. The van der Waals surface area contributed by atoms with Crippen LogP contribution >= 0.6 is 34.5 Å². The summed E-state index contributed by atoms with van der Waals surface area (Å²) in [5.41, 5.74) is -0.0202. The molecule has 1 aromatic heterocycles. The van der Waals surface area contributed by atoms with E-state index in [1.807, 2.05) is 0 Å². The Morgan fingerprint density at radius 3 is 1.98 bits per heavy atom. The number of methoxy groups -OCH3 is 1. The molecule has 3 aromatic rings. The molecule has 3 amide bonds. The molecule has 47 heavy (non-hydrogen) atoms. The van der Waals surface area contributed by atoms with E-state index in [9.17, 15) is 40.7 Å². The number of anilines is 2. The van der Waals surface area contributed by atoms with Crippen LogP contribution in [-0.4, -0.2) is 43.8 Å². The average molecular weight is 728 g/mol. The van der Waals surface area contributed by atoms with Crippen molar-refractivity contribution in [2.24, 2.45) is 5.92 Å². The summed E-state index contributed by atoms with van der Waals surface area (Å²) in [6, 6.07) is 5.67. The van der Waals surface area contributed by atoms with E-state index in [1.54, 1.807) is 0 Å². The average Bonchev–Trinajstić information content (AvgIpc) is 3.40. The molecule has 1 saturated carbocycles. The van der Waals surface area contributed by atoms with Gasteiger partial charge in [0.1, 0.15) is 22.5 Å². The first-order chi connectivity index (χ1) is 22.0. The van der Waals surface area contributed by atoms with Crippen molar-refractivity contribution in [3.05, 3.63) is 58.1 Å². The molecule has 9 nitrogen and oxygen atoms in total. The van der Waals surface area contributed by atoms with Gasteiger partial charge in [-0.3, -0.25) is 10.1 Å². The van der Waals surface area contributed by atoms with Crippen molar-refractivity contribution in [1.29, 1.82) is 0 Å². The van der Waals surface area contributed by atoms with Gasteiger partial charge in [-0.25, -0.2) is 9.59 Å². The molecular weight excluding hydrogens is 703 g/mol. The molecule has 1 fully saturated rings. The van der Waals surface area contributed by atoms with Gasteiger partial charge in [0.15, 0.2) is 0 Å². The van der Waals surface area contributed by atoms with Crippen LogP contribution in [0, 0.1) is 5.92 Å². The van der Waals surface area contributed by atoms with Crippen LogP contribution in [0.1, 0.15) is 42.5 Å². The third kappa shape index (κ3) is 10.0. The third-order valence-corrected chi connectivity index (χ3v) is 8.62. The number of rotatable bonds is 9. The minimum atomic E-state index is -5.03. The largest absolute Gasteiger partial charge is 0.573 e. The Labute approximate surface area is 277 Å². The number of carbonyl (C=O) groups excluding carboxylic acids is 3. The highest BCUT2D eigenvalue weighted by molar-refractivity contribution is 7.20. The lowest BCUT2D eigenvalue weighted by Gasteiger charge is -2.29. The predicted octanol–water partition coefficient (Wildman–Crippen LogP) is 9.01. The summed E-state index contributed by atoms with van der Waals surface area (Å²) < 4.78 is 88.4. The van der Waals surface area contributed by atoms with Crippen molar-refractivity contribution in [3.8, 4) is 21.9 Å². The van der Waals surface area contributed by atoms with E-state index in [0.717, 1.165) is 54.9 Å². The minimum Gasteiger partial charge on any atom is -0.467 e. The van der Waals surface area contributed by atoms with Crippen LogP contribution in [0.15, 0.2) is 42.5 Å². The molecule has 1 aliphatic rings. The van der Waals surface area contributed by atoms with Crippen LogP contribution in [-0.2, 0) is 9.53 Å². The molecule has 0 radical (unpaired) electrons. The Balaban J connectivity index is 1.63. The van der Waals surface area contributed by atoms with E-state index in [2.05, 4.69) is 25.4 Å². The molecule has 18 heteroatoms. The van der Waals surface area contributed by atoms with Gasteiger partial charge in [-0.1, -0.05) is 42.5 Å². The van der Waals surface area contributed by atoms with E-state index < -0.39 is 58.2 Å². The zero-order chi connectivity index (χ0) is 34.5. The van der Waals surface area contributed by atoms with E-state index in [1.165, 1.54) is 25.3 Å². The van der Waals surface area contributed by atoms with Gasteiger partial charge in [0, 0.05) is 17.0 Å². The molecule has 2 aromatic carbocycles. The molecule has 0 bridgehead atoms. The van der Waals surface area contributed by atoms with E-state index in [4.69, 9.17) is 27.9 Å². The molecule has 1 heterocycles. The summed E-state index contributed by atoms with van der Waals surface area (Å²) >= 11 is 13.0. The van der Waals surface area contributed by atoms with Crippen LogP contribution in [0.3, 0.4) is 0 Å². The molecule has 254 valence electrons. The zero-order valence-corrected chi connectivity index (χ0v) is 26.4. The molecular formula is C29H25Cl2F6N3O6S. The Bertz CT molecular complexity index is 1590. The number of amides is 3. The lowest BCUT2D eigenvalue weighted by molar-refractivity contribution is -0.275. The fourth-order valence-corrected chi connectivity index (χ4v) is 6.53. The monoisotopic (exact) mass is 727 g/mol. The molecule has 0 unspecified atom stereocenters. The number of halogens is 8. The number of benzene rings is 2. The van der Waals surface area contributed by atoms with Gasteiger partial charge in [0.05, 0.1) is 28.4 Å². The minimum absolute atomic E-state index is 0.0536. The van der Waals surface area contributed by atoms with Gasteiger partial charge in [0.25, 0.3) is 5.91 Å². The molecule has 0 spiro atoms. The molecule has 4 rings (SSSR count). The summed E-state index contributed by atoms with van der Waals surface area (Å²) in [5.74, 6) is -2.83. The number of urea groups is 1. The molecule has 3 N–H and O–H groups in total. The summed E-state index contributed by atoms with van der Waals surface area (Å²) in [7, 11) is 1.19. The fraction of sp³-hybridized carbons (Fsp3) is 0.345. The van der Waals surface area contributed by atoms with Crippen molar-refractivity contribution in [2.75, 3.05) is 17.7 Å². The quantitative estimate of drug-likeness (QED) is 0.150. The van der Waals surface area contributed by atoms with Crippen LogP contribution in [0.4, 0.5) is 41.8 Å². The standard InChI is InChI=1S/C29H25Cl2F6N3O6S/c1-44-26(42)22(15-5-3-2-4-6-15)38-24(41)18-13-21(14-7-9-16(10-8-14)45-28(32,33)34)47-25(18)40-27(43)39-23-19(30)11-17(12-20(23)31)46-29(35,36)37/h7-13,15,22H,2-6H2,1H3,(H,38,41)(H2,39,40,43)/t22-/m0/s1. The van der Waals surface area contributed by atoms with Gasteiger partial charge in [-0.15, -0.1) is 37.7 Å². The highest BCUT2D eigenvalue weighted by atomic mass is 35.5. The maximum absolute atomic E-state index is 13.6. The van der Waals surface area contributed by atoms with Crippen molar-refractivity contribution in [1.82, 2.24) is 5.32 Å². The summed E-state index contributed by atoms with van der Waals surface area (Å²) in [5, 5.41) is 6.61. The van der Waals surface area contributed by atoms with Gasteiger partial charge >= 0.3 is 24.7 Å². The van der Waals surface area contributed by atoms with Crippen LogP contribution in [0.2, 0.25) is 10.0 Å².